The van der Waals surface area contributed by atoms with Crippen LogP contribution in [-0.2, 0) is 9.59 Å². The second-order valence-electron chi connectivity index (χ2n) is 8.06. The average Bonchev–Trinajstić information content (AvgIpc) is 3.15. The minimum Gasteiger partial charge on any atom is -0.350 e. The van der Waals surface area contributed by atoms with E-state index in [1.54, 1.807) is 72.8 Å². The Morgan fingerprint density at radius 3 is 1.97 bits per heavy atom. The molecular formula is C29H20ClN3O3S. The van der Waals surface area contributed by atoms with Crippen molar-refractivity contribution in [3.05, 3.63) is 130 Å². The van der Waals surface area contributed by atoms with E-state index in [4.69, 9.17) is 11.6 Å². The highest BCUT2D eigenvalue weighted by atomic mass is 35.5. The van der Waals surface area contributed by atoms with E-state index >= 15 is 0 Å². The third kappa shape index (κ3) is 5.43. The highest BCUT2D eigenvalue weighted by Gasteiger charge is 2.40. The van der Waals surface area contributed by atoms with Crippen molar-refractivity contribution in [2.75, 3.05) is 15.5 Å². The van der Waals surface area contributed by atoms with Crippen LogP contribution in [0.15, 0.2) is 125 Å². The van der Waals surface area contributed by atoms with E-state index in [2.05, 4.69) is 10.6 Å². The van der Waals surface area contributed by atoms with Crippen LogP contribution in [0.1, 0.15) is 10.4 Å². The molecule has 1 aliphatic rings. The lowest BCUT2D eigenvalue weighted by molar-refractivity contribution is -0.120. The van der Waals surface area contributed by atoms with Crippen LogP contribution in [0.25, 0.3) is 0 Å². The van der Waals surface area contributed by atoms with Gasteiger partial charge in [0.2, 0.25) is 0 Å². The number of hydrogen-bond donors (Lipinski definition) is 2. The molecule has 0 saturated heterocycles. The molecule has 2 N–H and O–H groups in total. The van der Waals surface area contributed by atoms with Gasteiger partial charge in [-0.2, -0.15) is 0 Å². The molecule has 0 saturated carbocycles. The molecule has 4 aromatic rings. The third-order valence-electron chi connectivity index (χ3n) is 5.54. The minimum absolute atomic E-state index is 0.213. The number of benzene rings is 4. The molecule has 182 valence electrons. The van der Waals surface area contributed by atoms with E-state index in [1.807, 2.05) is 36.4 Å². The molecule has 8 heteroatoms. The summed E-state index contributed by atoms with van der Waals surface area (Å²) in [6.45, 7) is 0. The highest BCUT2D eigenvalue weighted by molar-refractivity contribution is 8.04. The lowest BCUT2D eigenvalue weighted by Gasteiger charge is -2.15. The molecule has 0 unspecified atom stereocenters. The first-order valence-corrected chi connectivity index (χ1v) is 12.5. The topological polar surface area (TPSA) is 78.5 Å². The van der Waals surface area contributed by atoms with Gasteiger partial charge in [0.15, 0.2) is 0 Å². The Labute approximate surface area is 223 Å². The molecule has 0 aromatic heterocycles. The first-order valence-electron chi connectivity index (χ1n) is 11.3. The summed E-state index contributed by atoms with van der Waals surface area (Å²) in [5.41, 5.74) is 2.50. The molecule has 1 heterocycles. The number of halogens is 1. The van der Waals surface area contributed by atoms with Gasteiger partial charge in [0.05, 0.1) is 5.69 Å². The van der Waals surface area contributed by atoms with Crippen LogP contribution in [-0.4, -0.2) is 17.7 Å². The molecule has 0 bridgehead atoms. The van der Waals surface area contributed by atoms with Gasteiger partial charge in [-0.15, -0.1) is 0 Å². The molecule has 3 amide bonds. The zero-order valence-electron chi connectivity index (χ0n) is 19.4. The van der Waals surface area contributed by atoms with Gasteiger partial charge in [0.25, 0.3) is 17.7 Å². The number of imide groups is 1. The lowest BCUT2D eigenvalue weighted by Crippen LogP contribution is -2.32. The Bertz CT molecular complexity index is 1490. The zero-order chi connectivity index (χ0) is 25.8. The van der Waals surface area contributed by atoms with Crippen molar-refractivity contribution < 1.29 is 14.4 Å². The Morgan fingerprint density at radius 1 is 0.703 bits per heavy atom. The van der Waals surface area contributed by atoms with E-state index < -0.39 is 11.8 Å². The van der Waals surface area contributed by atoms with Crippen LogP contribution >= 0.6 is 23.4 Å². The molecule has 0 spiro atoms. The Kier molecular flexibility index (Phi) is 7.07. The van der Waals surface area contributed by atoms with Gasteiger partial charge < -0.3 is 10.6 Å². The summed E-state index contributed by atoms with van der Waals surface area (Å²) < 4.78 is 0. The fourth-order valence-corrected chi connectivity index (χ4v) is 4.77. The van der Waals surface area contributed by atoms with Crippen LogP contribution in [0.3, 0.4) is 0 Å². The van der Waals surface area contributed by atoms with Crippen LogP contribution in [0, 0.1) is 0 Å². The third-order valence-corrected chi connectivity index (χ3v) is 6.88. The molecule has 1 aliphatic heterocycles. The molecule has 0 aliphatic carbocycles. The molecule has 4 aromatic carbocycles. The van der Waals surface area contributed by atoms with Gasteiger partial charge >= 0.3 is 0 Å². The van der Waals surface area contributed by atoms with Crippen molar-refractivity contribution in [3.63, 3.8) is 0 Å². The summed E-state index contributed by atoms with van der Waals surface area (Å²) in [5.74, 6) is -1.08. The van der Waals surface area contributed by atoms with Crippen molar-refractivity contribution in [3.8, 4) is 0 Å². The number of amides is 3. The first-order chi connectivity index (χ1) is 18.0. The average molecular weight is 526 g/mol. The van der Waals surface area contributed by atoms with Crippen molar-refractivity contribution in [1.29, 1.82) is 0 Å². The van der Waals surface area contributed by atoms with Crippen LogP contribution < -0.4 is 15.5 Å². The monoisotopic (exact) mass is 525 g/mol. The Balaban J connectivity index is 1.39. The largest absolute Gasteiger partial charge is 0.350 e. The van der Waals surface area contributed by atoms with E-state index in [1.165, 1.54) is 16.7 Å². The molecule has 6 nitrogen and oxygen atoms in total. The number of anilines is 3. The standard InChI is InChI=1S/C29H20ClN3O3S/c30-20-13-11-19(12-14-20)27(34)32-22-15-17-24(18-16-22)37-26-25(31-21-7-3-1-4-8-21)28(35)33(29(26)36)23-9-5-2-6-10-23/h1-18,31H,(H,32,34). The zero-order valence-corrected chi connectivity index (χ0v) is 20.9. The summed E-state index contributed by atoms with van der Waals surface area (Å²) in [6.07, 6.45) is 0. The maximum atomic E-state index is 13.4. The van der Waals surface area contributed by atoms with E-state index in [9.17, 15) is 14.4 Å². The predicted octanol–water partition coefficient (Wildman–Crippen LogP) is 6.58. The number of nitrogens with zero attached hydrogens (tertiary/aromatic N) is 1. The Hall–Kier alpha value is -4.33. The second kappa shape index (κ2) is 10.7. The van der Waals surface area contributed by atoms with Gasteiger partial charge in [0.1, 0.15) is 10.6 Å². The maximum Gasteiger partial charge on any atom is 0.283 e. The molecule has 0 fully saturated rings. The number of rotatable bonds is 7. The molecular weight excluding hydrogens is 506 g/mol. The summed E-state index contributed by atoms with van der Waals surface area (Å²) in [7, 11) is 0. The Morgan fingerprint density at radius 2 is 1.32 bits per heavy atom. The van der Waals surface area contributed by atoms with Crippen molar-refractivity contribution >= 4 is 58.1 Å². The quantitative estimate of drug-likeness (QED) is 0.266. The van der Waals surface area contributed by atoms with Gasteiger partial charge in [-0.1, -0.05) is 59.8 Å². The summed E-state index contributed by atoms with van der Waals surface area (Å²) in [5, 5.41) is 6.53. The summed E-state index contributed by atoms with van der Waals surface area (Å²) in [4.78, 5) is 41.5. The maximum absolute atomic E-state index is 13.4. The minimum atomic E-state index is -0.422. The van der Waals surface area contributed by atoms with E-state index in [0.29, 0.717) is 27.6 Å². The molecule has 0 radical (unpaired) electrons. The summed E-state index contributed by atoms with van der Waals surface area (Å²) >= 11 is 7.08. The van der Waals surface area contributed by atoms with Crippen LogP contribution in [0.2, 0.25) is 5.02 Å². The molecule has 5 rings (SSSR count). The number of carbonyl (C=O) groups is 3. The second-order valence-corrected chi connectivity index (χ2v) is 9.58. The fraction of sp³-hybridized carbons (Fsp3) is 0. The van der Waals surface area contributed by atoms with Gasteiger partial charge in [-0.3, -0.25) is 14.4 Å². The number of thioether (sulfide) groups is 1. The van der Waals surface area contributed by atoms with Crippen molar-refractivity contribution in [2.24, 2.45) is 0 Å². The molecule has 0 atom stereocenters. The van der Waals surface area contributed by atoms with E-state index in [0.717, 1.165) is 4.90 Å². The first kappa shape index (κ1) is 24.4. The lowest BCUT2D eigenvalue weighted by atomic mass is 10.2. The van der Waals surface area contributed by atoms with Crippen LogP contribution in [0.4, 0.5) is 17.1 Å². The highest BCUT2D eigenvalue weighted by Crippen LogP contribution is 2.38. The smallest absolute Gasteiger partial charge is 0.283 e. The number of para-hydroxylation sites is 2. The normalized spacial score (nSPS) is 13.2. The molecule has 37 heavy (non-hydrogen) atoms. The van der Waals surface area contributed by atoms with Crippen molar-refractivity contribution in [1.82, 2.24) is 0 Å². The van der Waals surface area contributed by atoms with E-state index in [-0.39, 0.29) is 16.5 Å². The SMILES string of the molecule is O=C(Nc1ccc(SC2=C(Nc3ccccc3)C(=O)N(c3ccccc3)C2=O)cc1)c1ccc(Cl)cc1. The summed E-state index contributed by atoms with van der Waals surface area (Å²) in [6, 6.07) is 31.8. The van der Waals surface area contributed by atoms with Crippen molar-refractivity contribution in [2.45, 2.75) is 4.90 Å². The number of carbonyl (C=O) groups excluding carboxylic acids is 3. The van der Waals surface area contributed by atoms with Gasteiger partial charge in [0, 0.05) is 26.9 Å². The van der Waals surface area contributed by atoms with Crippen LogP contribution in [0.5, 0.6) is 0 Å². The fourth-order valence-electron chi connectivity index (χ4n) is 3.72. The number of hydrogen-bond acceptors (Lipinski definition) is 5. The van der Waals surface area contributed by atoms with Gasteiger partial charge in [-0.25, -0.2) is 4.90 Å². The predicted molar refractivity (Wildman–Crippen MR) is 148 cm³/mol. The van der Waals surface area contributed by atoms with Gasteiger partial charge in [-0.05, 0) is 72.8 Å². The number of nitrogens with one attached hydrogen (secondary N) is 2.